The van der Waals surface area contributed by atoms with E-state index in [1.165, 1.54) is 23.1 Å². The third kappa shape index (κ3) is 4.44. The van der Waals surface area contributed by atoms with Crippen LogP contribution in [0.3, 0.4) is 0 Å². The van der Waals surface area contributed by atoms with Gasteiger partial charge in [0.15, 0.2) is 16.7 Å². The van der Waals surface area contributed by atoms with Crippen LogP contribution in [0.1, 0.15) is 39.7 Å². The van der Waals surface area contributed by atoms with Crippen LogP contribution < -0.4 is 15.4 Å². The van der Waals surface area contributed by atoms with Gasteiger partial charge in [0, 0.05) is 16.7 Å². The van der Waals surface area contributed by atoms with Crippen molar-refractivity contribution in [1.82, 2.24) is 15.5 Å². The molecular formula is C23H20N4O4S2. The fourth-order valence-electron chi connectivity index (χ4n) is 3.61. The maximum atomic E-state index is 13.2. The van der Waals surface area contributed by atoms with Crippen LogP contribution in [0.5, 0.6) is 5.75 Å². The number of amides is 2. The summed E-state index contributed by atoms with van der Waals surface area (Å²) < 4.78 is 12.2. The van der Waals surface area contributed by atoms with Crippen molar-refractivity contribution in [2.24, 2.45) is 0 Å². The minimum Gasteiger partial charge on any atom is -0.482 e. The van der Waals surface area contributed by atoms with Crippen LogP contribution in [0, 0.1) is 6.92 Å². The van der Waals surface area contributed by atoms with Crippen LogP contribution in [0.2, 0.25) is 0 Å². The number of nitrogens with zero attached hydrogens (tertiary/aromatic N) is 2. The molecular weight excluding hydrogens is 460 g/mol. The molecule has 8 nitrogen and oxygen atoms in total. The number of para-hydroxylation sites is 1. The van der Waals surface area contributed by atoms with Crippen LogP contribution in [-0.4, -0.2) is 28.6 Å². The van der Waals surface area contributed by atoms with Gasteiger partial charge in [-0.2, -0.15) is 0 Å². The predicted molar refractivity (Wildman–Crippen MR) is 127 cm³/mol. The number of furan rings is 1. The Morgan fingerprint density at radius 3 is 2.94 bits per heavy atom. The molecule has 1 aliphatic rings. The van der Waals surface area contributed by atoms with Gasteiger partial charge in [-0.15, -0.1) is 10.2 Å². The minimum atomic E-state index is -0.318. The molecule has 4 aromatic rings. The second-order valence-electron chi connectivity index (χ2n) is 7.57. The molecule has 0 saturated heterocycles. The van der Waals surface area contributed by atoms with Crippen molar-refractivity contribution in [3.8, 4) is 5.75 Å². The van der Waals surface area contributed by atoms with Crippen molar-refractivity contribution in [3.05, 3.63) is 64.4 Å². The fraction of sp³-hybridized carbons (Fsp3) is 0.217. The number of rotatable bonds is 6. The number of hydrogen-bond donors (Lipinski definition) is 2. The Hall–Kier alpha value is -3.37. The number of carbonyl (C=O) groups excluding carboxylic acids is 2. The molecule has 1 unspecified atom stereocenters. The first-order valence-corrected chi connectivity index (χ1v) is 12.1. The number of carbonyl (C=O) groups is 2. The smallest absolute Gasteiger partial charge is 0.287 e. The van der Waals surface area contributed by atoms with Gasteiger partial charge in [0.25, 0.3) is 11.8 Å². The number of thioether (sulfide) groups is 1. The number of aryl methyl sites for hydroxylation is 1. The van der Waals surface area contributed by atoms with Crippen LogP contribution in [-0.2, 0) is 10.5 Å². The summed E-state index contributed by atoms with van der Waals surface area (Å²) in [7, 11) is 0. The highest BCUT2D eigenvalue weighted by Gasteiger charge is 2.24. The largest absolute Gasteiger partial charge is 0.482 e. The lowest BCUT2D eigenvalue weighted by Gasteiger charge is -2.20. The van der Waals surface area contributed by atoms with Crippen molar-refractivity contribution in [2.75, 3.05) is 11.9 Å². The Morgan fingerprint density at radius 2 is 2.12 bits per heavy atom. The zero-order valence-electron chi connectivity index (χ0n) is 17.9. The zero-order valence-corrected chi connectivity index (χ0v) is 19.5. The summed E-state index contributed by atoms with van der Waals surface area (Å²) >= 11 is 3.05. The maximum absolute atomic E-state index is 13.2. The Labute approximate surface area is 197 Å². The number of nitrogens with one attached hydrogen (secondary N) is 2. The van der Waals surface area contributed by atoms with E-state index in [2.05, 4.69) is 20.8 Å². The lowest BCUT2D eigenvalue weighted by molar-refractivity contribution is -0.118. The minimum absolute atomic E-state index is 0.00208. The first kappa shape index (κ1) is 21.5. The molecule has 2 N–H and O–H groups in total. The summed E-state index contributed by atoms with van der Waals surface area (Å²) in [6.07, 6.45) is 0. The molecule has 5 rings (SSSR count). The first-order chi connectivity index (χ1) is 16.0. The molecule has 0 aliphatic carbocycles. The molecule has 0 bridgehead atoms. The number of hydrogen-bond acceptors (Lipinski definition) is 8. The molecule has 0 fully saturated rings. The molecule has 2 amide bonds. The Balaban J connectivity index is 1.39. The third-order valence-electron chi connectivity index (χ3n) is 5.24. The summed E-state index contributed by atoms with van der Waals surface area (Å²) in [5.74, 6) is 0.921. The molecule has 2 aromatic carbocycles. The summed E-state index contributed by atoms with van der Waals surface area (Å²) in [5, 5.41) is 15.8. The number of ether oxygens (including phenoxy) is 1. The molecule has 1 aliphatic heterocycles. The third-order valence-corrected chi connectivity index (χ3v) is 7.23. The normalized spacial score (nSPS) is 13.8. The van der Waals surface area contributed by atoms with Crippen LogP contribution in [0.15, 0.2) is 51.2 Å². The average molecular weight is 481 g/mol. The zero-order chi connectivity index (χ0) is 22.9. The Bertz CT molecular complexity index is 1360. The highest BCUT2D eigenvalue weighted by molar-refractivity contribution is 8.00. The van der Waals surface area contributed by atoms with Crippen molar-refractivity contribution >= 4 is 51.6 Å². The second-order valence-corrected chi connectivity index (χ2v) is 9.97. The van der Waals surface area contributed by atoms with Gasteiger partial charge < -0.3 is 19.8 Å². The van der Waals surface area contributed by atoms with Crippen molar-refractivity contribution in [3.63, 3.8) is 0 Å². The van der Waals surface area contributed by atoms with E-state index in [-0.39, 0.29) is 30.2 Å². The molecule has 0 saturated carbocycles. The maximum Gasteiger partial charge on any atom is 0.287 e. The lowest BCUT2D eigenvalue weighted by atomic mass is 10.1. The fourth-order valence-corrected chi connectivity index (χ4v) is 5.46. The number of fused-ring (bicyclic) bond motifs is 2. The highest BCUT2D eigenvalue weighted by atomic mass is 32.2. The number of anilines is 1. The van der Waals surface area contributed by atoms with E-state index in [1.807, 2.05) is 50.2 Å². The summed E-state index contributed by atoms with van der Waals surface area (Å²) in [6.45, 7) is 3.79. The van der Waals surface area contributed by atoms with E-state index >= 15 is 0 Å². The Morgan fingerprint density at radius 1 is 1.27 bits per heavy atom. The molecule has 168 valence electrons. The molecule has 0 radical (unpaired) electrons. The summed E-state index contributed by atoms with van der Waals surface area (Å²) in [4.78, 5) is 24.9. The molecule has 33 heavy (non-hydrogen) atoms. The summed E-state index contributed by atoms with van der Waals surface area (Å²) in [6, 6.07) is 12.8. The molecule has 1 atom stereocenters. The highest BCUT2D eigenvalue weighted by Crippen LogP contribution is 2.34. The van der Waals surface area contributed by atoms with E-state index in [4.69, 9.17) is 9.15 Å². The Kier molecular flexibility index (Phi) is 5.77. The van der Waals surface area contributed by atoms with Gasteiger partial charge in [-0.05, 0) is 37.6 Å². The monoisotopic (exact) mass is 480 g/mol. The van der Waals surface area contributed by atoms with Crippen molar-refractivity contribution in [2.45, 2.75) is 30.0 Å². The van der Waals surface area contributed by atoms with Crippen LogP contribution in [0.4, 0.5) is 5.69 Å². The van der Waals surface area contributed by atoms with Crippen LogP contribution in [0.25, 0.3) is 11.0 Å². The van der Waals surface area contributed by atoms with Gasteiger partial charge in [-0.1, -0.05) is 47.4 Å². The standard InChI is InChI=1S/C23H20N4O4S2/c1-12(14-7-8-19-17(9-14)25-20(28)10-30-19)24-22(29)21-16(11-32-23-27-26-13(2)33-23)15-5-3-4-6-18(15)31-21/h3-9,12H,10-11H2,1-2H3,(H,24,29)(H,25,28). The van der Waals surface area contributed by atoms with Crippen molar-refractivity contribution in [1.29, 1.82) is 0 Å². The van der Waals surface area contributed by atoms with Gasteiger partial charge in [0.1, 0.15) is 16.3 Å². The SMILES string of the molecule is Cc1nnc(SCc2c(C(=O)NC(C)c3ccc4c(c3)NC(=O)CO4)oc3ccccc23)s1. The van der Waals surface area contributed by atoms with Gasteiger partial charge in [-0.25, -0.2) is 0 Å². The topological polar surface area (TPSA) is 106 Å². The number of aromatic nitrogens is 2. The average Bonchev–Trinajstić information content (AvgIpc) is 3.40. The lowest BCUT2D eigenvalue weighted by Crippen LogP contribution is -2.28. The van der Waals surface area contributed by atoms with E-state index < -0.39 is 0 Å². The molecule has 2 aromatic heterocycles. The van der Waals surface area contributed by atoms with E-state index in [0.29, 0.717) is 22.8 Å². The number of benzene rings is 2. The summed E-state index contributed by atoms with van der Waals surface area (Å²) in [5.41, 5.74) is 2.91. The van der Waals surface area contributed by atoms with Gasteiger partial charge in [0.2, 0.25) is 0 Å². The van der Waals surface area contributed by atoms with E-state index in [0.717, 1.165) is 25.9 Å². The second kappa shape index (κ2) is 8.87. The molecule has 0 spiro atoms. The van der Waals surface area contributed by atoms with Gasteiger partial charge >= 0.3 is 0 Å². The molecule has 10 heteroatoms. The van der Waals surface area contributed by atoms with Gasteiger partial charge in [-0.3, -0.25) is 9.59 Å². The molecule has 3 heterocycles. The van der Waals surface area contributed by atoms with Gasteiger partial charge in [0.05, 0.1) is 11.7 Å². The van der Waals surface area contributed by atoms with Crippen molar-refractivity contribution < 1.29 is 18.7 Å². The van der Waals surface area contributed by atoms with E-state index in [1.54, 1.807) is 6.07 Å². The first-order valence-electron chi connectivity index (χ1n) is 10.3. The van der Waals surface area contributed by atoms with E-state index in [9.17, 15) is 9.59 Å². The van der Waals surface area contributed by atoms with Crippen LogP contribution >= 0.6 is 23.1 Å². The predicted octanol–water partition coefficient (Wildman–Crippen LogP) is 4.71. The quantitative estimate of drug-likeness (QED) is 0.385.